The summed E-state index contributed by atoms with van der Waals surface area (Å²) in [5, 5.41) is 2.31. The van der Waals surface area contributed by atoms with Crippen molar-refractivity contribution in [3.05, 3.63) is 112 Å². The van der Waals surface area contributed by atoms with Gasteiger partial charge in [-0.15, -0.1) is 0 Å². The minimum Gasteiger partial charge on any atom is -0.496 e. The third-order valence-corrected chi connectivity index (χ3v) is 5.34. The predicted octanol–water partition coefficient (Wildman–Crippen LogP) is 7.12. The third-order valence-electron chi connectivity index (χ3n) is 5.04. The Morgan fingerprint density at radius 1 is 0.938 bits per heavy atom. The highest BCUT2D eigenvalue weighted by molar-refractivity contribution is 6.32. The quantitative estimate of drug-likeness (QED) is 0.224. The second kappa shape index (κ2) is 9.67. The number of carbonyl (C=O) groups is 1. The van der Waals surface area contributed by atoms with Crippen LogP contribution in [0.25, 0.3) is 16.8 Å². The summed E-state index contributed by atoms with van der Waals surface area (Å²) >= 11 is 6.03. The van der Waals surface area contributed by atoms with Crippen molar-refractivity contribution < 1.29 is 18.7 Å². The van der Waals surface area contributed by atoms with Crippen LogP contribution in [-0.2, 0) is 6.61 Å². The van der Waals surface area contributed by atoms with Gasteiger partial charge in [0.1, 0.15) is 23.9 Å². The van der Waals surface area contributed by atoms with Crippen LogP contribution in [0.1, 0.15) is 21.5 Å². The fourth-order valence-electron chi connectivity index (χ4n) is 3.37. The average molecular weight is 447 g/mol. The minimum atomic E-state index is -0.428. The molecule has 0 aliphatic rings. The van der Waals surface area contributed by atoms with Gasteiger partial charge in [0.05, 0.1) is 12.1 Å². The Morgan fingerprint density at radius 3 is 2.50 bits per heavy atom. The first-order chi connectivity index (χ1) is 15.5. The molecule has 0 aliphatic carbocycles. The van der Waals surface area contributed by atoms with Crippen LogP contribution in [0, 0.1) is 5.82 Å². The number of rotatable bonds is 7. The largest absolute Gasteiger partial charge is 0.496 e. The summed E-state index contributed by atoms with van der Waals surface area (Å²) in [6.07, 6.45) is 3.30. The summed E-state index contributed by atoms with van der Waals surface area (Å²) in [6, 6.07) is 23.1. The maximum absolute atomic E-state index is 13.2. The molecule has 4 rings (SSSR count). The Kier molecular flexibility index (Phi) is 6.52. The lowest BCUT2D eigenvalue weighted by atomic mass is 10.0. The van der Waals surface area contributed by atoms with Crippen molar-refractivity contribution in [3.63, 3.8) is 0 Å². The Morgan fingerprint density at radius 2 is 1.72 bits per heavy atom. The molecule has 32 heavy (non-hydrogen) atoms. The lowest BCUT2D eigenvalue weighted by Gasteiger charge is -2.12. The van der Waals surface area contributed by atoms with E-state index in [1.54, 1.807) is 19.3 Å². The molecule has 0 spiro atoms. The van der Waals surface area contributed by atoms with Gasteiger partial charge in [0, 0.05) is 11.1 Å². The van der Waals surface area contributed by atoms with Crippen LogP contribution < -0.4 is 9.47 Å². The van der Waals surface area contributed by atoms with Gasteiger partial charge in [-0.25, -0.2) is 4.39 Å². The molecule has 0 bridgehead atoms. The summed E-state index contributed by atoms with van der Waals surface area (Å²) < 4.78 is 24.4. The number of allylic oxidation sites excluding steroid dienone is 1. The van der Waals surface area contributed by atoms with Crippen molar-refractivity contribution in [2.24, 2.45) is 0 Å². The molecule has 0 saturated heterocycles. The molecular weight excluding hydrogens is 427 g/mol. The van der Waals surface area contributed by atoms with E-state index in [0.717, 1.165) is 21.9 Å². The van der Waals surface area contributed by atoms with Crippen molar-refractivity contribution in [2.45, 2.75) is 6.61 Å². The molecule has 0 N–H and O–H groups in total. The smallest absolute Gasteiger partial charge is 0.185 e. The Hall–Kier alpha value is -3.63. The van der Waals surface area contributed by atoms with E-state index in [2.05, 4.69) is 0 Å². The standard InChI is InChI=1S/C27H20ClFO3/c1-31-26-12-7-18(14-22(26)17-32-27-13-10-23(29)16-24(27)28)6-11-25(30)21-9-8-19-4-2-3-5-20(19)15-21/h2-16H,17H2,1H3/b11-6+. The topological polar surface area (TPSA) is 35.5 Å². The molecule has 0 saturated carbocycles. The number of ketones is 1. The van der Waals surface area contributed by atoms with E-state index in [1.807, 2.05) is 60.7 Å². The van der Waals surface area contributed by atoms with Gasteiger partial charge >= 0.3 is 0 Å². The van der Waals surface area contributed by atoms with Crippen molar-refractivity contribution in [1.29, 1.82) is 0 Å². The fourth-order valence-corrected chi connectivity index (χ4v) is 3.60. The van der Waals surface area contributed by atoms with Crippen LogP contribution in [-0.4, -0.2) is 12.9 Å². The van der Waals surface area contributed by atoms with Crippen molar-refractivity contribution in [3.8, 4) is 11.5 Å². The van der Waals surface area contributed by atoms with Crippen LogP contribution in [0.5, 0.6) is 11.5 Å². The van der Waals surface area contributed by atoms with Gasteiger partial charge in [-0.05, 0) is 58.8 Å². The van der Waals surface area contributed by atoms with Gasteiger partial charge in [-0.3, -0.25) is 4.79 Å². The van der Waals surface area contributed by atoms with E-state index in [0.29, 0.717) is 17.1 Å². The molecule has 0 atom stereocenters. The molecule has 0 amide bonds. The second-order valence-electron chi connectivity index (χ2n) is 7.19. The van der Waals surface area contributed by atoms with Gasteiger partial charge in [-0.2, -0.15) is 0 Å². The number of benzene rings is 4. The van der Waals surface area contributed by atoms with E-state index in [4.69, 9.17) is 21.1 Å². The maximum Gasteiger partial charge on any atom is 0.185 e. The van der Waals surface area contributed by atoms with Crippen molar-refractivity contribution >= 4 is 34.2 Å². The molecule has 0 radical (unpaired) electrons. The van der Waals surface area contributed by atoms with E-state index in [9.17, 15) is 9.18 Å². The fraction of sp³-hybridized carbons (Fsp3) is 0.0741. The molecule has 3 nitrogen and oxygen atoms in total. The normalized spacial score (nSPS) is 11.1. The first-order valence-corrected chi connectivity index (χ1v) is 10.4. The molecule has 0 unspecified atom stereocenters. The zero-order valence-electron chi connectivity index (χ0n) is 17.3. The van der Waals surface area contributed by atoms with Gasteiger partial charge in [0.2, 0.25) is 0 Å². The van der Waals surface area contributed by atoms with Crippen LogP contribution in [0.15, 0.2) is 84.9 Å². The highest BCUT2D eigenvalue weighted by atomic mass is 35.5. The number of hydrogen-bond donors (Lipinski definition) is 0. The number of halogens is 2. The lowest BCUT2D eigenvalue weighted by molar-refractivity contribution is 0.104. The zero-order valence-corrected chi connectivity index (χ0v) is 18.1. The molecule has 4 aromatic rings. The van der Waals surface area contributed by atoms with Gasteiger partial charge in [0.15, 0.2) is 5.78 Å². The maximum atomic E-state index is 13.2. The van der Waals surface area contributed by atoms with E-state index >= 15 is 0 Å². The van der Waals surface area contributed by atoms with Crippen LogP contribution in [0.3, 0.4) is 0 Å². The highest BCUT2D eigenvalue weighted by Crippen LogP contribution is 2.28. The van der Waals surface area contributed by atoms with E-state index in [-0.39, 0.29) is 17.4 Å². The van der Waals surface area contributed by atoms with Crippen molar-refractivity contribution in [2.75, 3.05) is 7.11 Å². The molecule has 0 aromatic heterocycles. The monoisotopic (exact) mass is 446 g/mol. The highest BCUT2D eigenvalue weighted by Gasteiger charge is 2.09. The molecule has 160 valence electrons. The Labute approximate surface area is 190 Å². The summed E-state index contributed by atoms with van der Waals surface area (Å²) in [4.78, 5) is 12.7. The molecular formula is C27H20ClFO3. The summed E-state index contributed by atoms with van der Waals surface area (Å²) in [6.45, 7) is 0.175. The third kappa shape index (κ3) is 4.98. The van der Waals surface area contributed by atoms with Gasteiger partial charge in [0.25, 0.3) is 0 Å². The molecule has 0 fully saturated rings. The van der Waals surface area contributed by atoms with E-state index in [1.165, 1.54) is 18.2 Å². The first kappa shape index (κ1) is 21.6. The van der Waals surface area contributed by atoms with Crippen LogP contribution >= 0.6 is 11.6 Å². The molecule has 0 heterocycles. The molecule has 0 aliphatic heterocycles. The molecule has 4 aromatic carbocycles. The Balaban J connectivity index is 1.51. The minimum absolute atomic E-state index is 0.0811. The number of ether oxygens (including phenoxy) is 2. The molecule has 5 heteroatoms. The van der Waals surface area contributed by atoms with Gasteiger partial charge in [-0.1, -0.05) is 60.1 Å². The summed E-state index contributed by atoms with van der Waals surface area (Å²) in [5.74, 6) is 0.509. The number of fused-ring (bicyclic) bond motifs is 1. The SMILES string of the molecule is COc1ccc(/C=C/C(=O)c2ccc3ccccc3c2)cc1COc1ccc(F)cc1Cl. The average Bonchev–Trinajstić information content (AvgIpc) is 2.81. The Bertz CT molecular complexity index is 1310. The zero-order chi connectivity index (χ0) is 22.5. The first-order valence-electron chi connectivity index (χ1n) is 9.99. The number of carbonyl (C=O) groups excluding carboxylic acids is 1. The van der Waals surface area contributed by atoms with Crippen LogP contribution in [0.4, 0.5) is 4.39 Å². The van der Waals surface area contributed by atoms with Gasteiger partial charge < -0.3 is 9.47 Å². The van der Waals surface area contributed by atoms with Crippen LogP contribution in [0.2, 0.25) is 5.02 Å². The second-order valence-corrected chi connectivity index (χ2v) is 7.60. The predicted molar refractivity (Wildman–Crippen MR) is 126 cm³/mol. The van der Waals surface area contributed by atoms with Crippen molar-refractivity contribution in [1.82, 2.24) is 0 Å². The number of methoxy groups -OCH3 is 1. The summed E-state index contributed by atoms with van der Waals surface area (Å²) in [5.41, 5.74) is 2.22. The summed E-state index contributed by atoms with van der Waals surface area (Å²) in [7, 11) is 1.57. The lowest BCUT2D eigenvalue weighted by Crippen LogP contribution is -2.00. The van der Waals surface area contributed by atoms with E-state index < -0.39 is 5.82 Å². The number of hydrogen-bond acceptors (Lipinski definition) is 3.